The highest BCUT2D eigenvalue weighted by atomic mass is 14.9. The zero-order valence-electron chi connectivity index (χ0n) is 9.85. The van der Waals surface area contributed by atoms with Crippen LogP contribution >= 0.6 is 0 Å². The Morgan fingerprint density at radius 3 is 2.38 bits per heavy atom. The molecule has 0 bridgehead atoms. The summed E-state index contributed by atoms with van der Waals surface area (Å²) in [5, 5.41) is 0. The van der Waals surface area contributed by atoms with Crippen LogP contribution in [0.3, 0.4) is 0 Å². The maximum absolute atomic E-state index is 3.85. The first kappa shape index (κ1) is 10.7. The summed E-state index contributed by atoms with van der Waals surface area (Å²) in [4.78, 5) is 0. The van der Waals surface area contributed by atoms with E-state index in [0.29, 0.717) is 5.92 Å². The molecule has 0 aliphatic heterocycles. The summed E-state index contributed by atoms with van der Waals surface area (Å²) in [6.07, 6.45) is 3.93. The van der Waals surface area contributed by atoms with E-state index >= 15 is 0 Å². The van der Waals surface area contributed by atoms with Crippen molar-refractivity contribution < 1.29 is 0 Å². The fourth-order valence-corrected chi connectivity index (χ4v) is 1.99. The number of nitrogens with zero attached hydrogens (tertiary/aromatic N) is 1. The Hall–Kier alpha value is -1.76. The van der Waals surface area contributed by atoms with Crippen LogP contribution in [0.5, 0.6) is 0 Å². The van der Waals surface area contributed by atoms with Crippen LogP contribution in [0.1, 0.15) is 25.3 Å². The van der Waals surface area contributed by atoms with Gasteiger partial charge in [-0.25, -0.2) is 0 Å². The molecule has 0 radical (unpaired) electrons. The molecule has 0 aliphatic carbocycles. The Morgan fingerprint density at radius 1 is 1.12 bits per heavy atom. The van der Waals surface area contributed by atoms with Crippen molar-refractivity contribution >= 4 is 6.20 Å². The van der Waals surface area contributed by atoms with Gasteiger partial charge in [0.25, 0.3) is 0 Å². The van der Waals surface area contributed by atoms with Crippen molar-refractivity contribution in [1.29, 1.82) is 0 Å². The first-order valence-electron chi connectivity index (χ1n) is 5.62. The van der Waals surface area contributed by atoms with E-state index < -0.39 is 0 Å². The third-order valence-electron chi connectivity index (χ3n) is 2.81. The molecule has 1 aromatic heterocycles. The molecule has 0 amide bonds. The quantitative estimate of drug-likeness (QED) is 0.710. The molecule has 0 saturated carbocycles. The van der Waals surface area contributed by atoms with Gasteiger partial charge >= 0.3 is 0 Å². The Kier molecular flexibility index (Phi) is 2.95. The van der Waals surface area contributed by atoms with Crippen LogP contribution in [0.4, 0.5) is 0 Å². The lowest BCUT2D eigenvalue weighted by molar-refractivity contribution is 0.869. The van der Waals surface area contributed by atoms with E-state index in [-0.39, 0.29) is 0 Å². The Balaban J connectivity index is 2.61. The van der Waals surface area contributed by atoms with Crippen molar-refractivity contribution in [3.8, 4) is 11.3 Å². The molecular formula is C15H17N. The first-order valence-corrected chi connectivity index (χ1v) is 5.62. The molecular weight excluding hydrogens is 194 g/mol. The van der Waals surface area contributed by atoms with E-state index in [0.717, 1.165) is 0 Å². The van der Waals surface area contributed by atoms with E-state index in [4.69, 9.17) is 0 Å². The molecule has 82 valence electrons. The van der Waals surface area contributed by atoms with Gasteiger partial charge in [-0.2, -0.15) is 0 Å². The zero-order valence-corrected chi connectivity index (χ0v) is 9.85. The number of hydrogen-bond donors (Lipinski definition) is 0. The van der Waals surface area contributed by atoms with Gasteiger partial charge in [0.1, 0.15) is 0 Å². The van der Waals surface area contributed by atoms with E-state index in [9.17, 15) is 0 Å². The molecule has 1 aromatic carbocycles. The van der Waals surface area contributed by atoms with Crippen LogP contribution in [-0.4, -0.2) is 4.57 Å². The monoisotopic (exact) mass is 211 g/mol. The van der Waals surface area contributed by atoms with Gasteiger partial charge in [0.2, 0.25) is 0 Å². The van der Waals surface area contributed by atoms with Gasteiger partial charge in [-0.1, -0.05) is 50.8 Å². The van der Waals surface area contributed by atoms with Gasteiger partial charge in [0, 0.05) is 12.4 Å². The minimum absolute atomic E-state index is 0.524. The SMILES string of the molecule is C=Cn1ccc(C(C)C)c1-c1ccccc1. The van der Waals surface area contributed by atoms with Gasteiger partial charge in [-0.05, 0) is 23.1 Å². The summed E-state index contributed by atoms with van der Waals surface area (Å²) in [5.74, 6) is 0.524. The molecule has 0 spiro atoms. The molecule has 1 nitrogen and oxygen atoms in total. The number of rotatable bonds is 3. The molecule has 0 N–H and O–H groups in total. The van der Waals surface area contributed by atoms with Gasteiger partial charge < -0.3 is 4.57 Å². The Morgan fingerprint density at radius 2 is 1.81 bits per heavy atom. The highest BCUT2D eigenvalue weighted by Gasteiger charge is 2.12. The predicted octanol–water partition coefficient (Wildman–Crippen LogP) is 4.38. The molecule has 1 heteroatoms. The average molecular weight is 211 g/mol. The third kappa shape index (κ3) is 1.81. The average Bonchev–Trinajstić information content (AvgIpc) is 2.73. The molecule has 0 aliphatic rings. The zero-order chi connectivity index (χ0) is 11.5. The first-order chi connectivity index (χ1) is 7.74. The van der Waals surface area contributed by atoms with Gasteiger partial charge in [0.05, 0.1) is 5.69 Å². The van der Waals surface area contributed by atoms with Crippen molar-refractivity contribution in [3.63, 3.8) is 0 Å². The summed E-state index contributed by atoms with van der Waals surface area (Å²) in [5.41, 5.74) is 3.87. The van der Waals surface area contributed by atoms with Crippen LogP contribution in [0.25, 0.3) is 17.5 Å². The van der Waals surface area contributed by atoms with E-state index in [1.54, 1.807) is 0 Å². The highest BCUT2D eigenvalue weighted by Crippen LogP contribution is 2.30. The van der Waals surface area contributed by atoms with Gasteiger partial charge in [0.15, 0.2) is 0 Å². The van der Waals surface area contributed by atoms with Crippen molar-refractivity contribution in [1.82, 2.24) is 4.57 Å². The molecule has 0 fully saturated rings. The smallest absolute Gasteiger partial charge is 0.0556 e. The standard InChI is InChI=1S/C15H17N/c1-4-16-11-10-14(12(2)3)15(16)13-8-6-5-7-9-13/h4-12H,1H2,2-3H3. The lowest BCUT2D eigenvalue weighted by Gasteiger charge is -2.10. The summed E-state index contributed by atoms with van der Waals surface area (Å²) in [6.45, 7) is 8.29. The molecule has 2 rings (SSSR count). The number of aromatic nitrogens is 1. The maximum Gasteiger partial charge on any atom is 0.0556 e. The summed E-state index contributed by atoms with van der Waals surface area (Å²) in [6, 6.07) is 12.6. The maximum atomic E-state index is 3.85. The Labute approximate surface area is 97.0 Å². The molecule has 0 saturated heterocycles. The summed E-state index contributed by atoms with van der Waals surface area (Å²) >= 11 is 0. The third-order valence-corrected chi connectivity index (χ3v) is 2.81. The molecule has 0 atom stereocenters. The topological polar surface area (TPSA) is 4.93 Å². The lowest BCUT2D eigenvalue weighted by Crippen LogP contribution is -1.93. The normalized spacial score (nSPS) is 10.7. The van der Waals surface area contributed by atoms with E-state index in [1.165, 1.54) is 16.8 Å². The fraction of sp³-hybridized carbons (Fsp3) is 0.200. The lowest BCUT2D eigenvalue weighted by atomic mass is 9.99. The molecule has 0 unspecified atom stereocenters. The van der Waals surface area contributed by atoms with Crippen LogP contribution in [0, 0.1) is 0 Å². The number of hydrogen-bond acceptors (Lipinski definition) is 0. The summed E-state index contributed by atoms with van der Waals surface area (Å²) < 4.78 is 2.09. The van der Waals surface area contributed by atoms with Crippen LogP contribution < -0.4 is 0 Å². The van der Waals surface area contributed by atoms with Crippen molar-refractivity contribution in [2.75, 3.05) is 0 Å². The minimum Gasteiger partial charge on any atom is -0.324 e. The summed E-state index contributed by atoms with van der Waals surface area (Å²) in [7, 11) is 0. The van der Waals surface area contributed by atoms with Gasteiger partial charge in [-0.3, -0.25) is 0 Å². The van der Waals surface area contributed by atoms with E-state index in [1.807, 2.05) is 12.3 Å². The second-order valence-electron chi connectivity index (χ2n) is 4.23. The van der Waals surface area contributed by atoms with Crippen molar-refractivity contribution in [3.05, 3.63) is 54.7 Å². The molecule has 16 heavy (non-hydrogen) atoms. The van der Waals surface area contributed by atoms with E-state index in [2.05, 4.69) is 61.5 Å². The Bertz CT molecular complexity index is 477. The largest absolute Gasteiger partial charge is 0.324 e. The van der Waals surface area contributed by atoms with Crippen molar-refractivity contribution in [2.45, 2.75) is 19.8 Å². The molecule has 1 heterocycles. The second kappa shape index (κ2) is 4.40. The van der Waals surface area contributed by atoms with Crippen molar-refractivity contribution in [2.24, 2.45) is 0 Å². The van der Waals surface area contributed by atoms with Crippen LogP contribution in [0.15, 0.2) is 49.2 Å². The van der Waals surface area contributed by atoms with Crippen LogP contribution in [0.2, 0.25) is 0 Å². The predicted molar refractivity (Wildman–Crippen MR) is 70.3 cm³/mol. The molecule has 2 aromatic rings. The minimum atomic E-state index is 0.524. The number of benzene rings is 1. The van der Waals surface area contributed by atoms with Gasteiger partial charge in [-0.15, -0.1) is 0 Å². The highest BCUT2D eigenvalue weighted by molar-refractivity contribution is 5.67. The second-order valence-corrected chi connectivity index (χ2v) is 4.23. The fourth-order valence-electron chi connectivity index (χ4n) is 1.99. The van der Waals surface area contributed by atoms with Crippen LogP contribution in [-0.2, 0) is 0 Å².